The van der Waals surface area contributed by atoms with E-state index in [0.717, 1.165) is 11.4 Å². The van der Waals surface area contributed by atoms with Crippen molar-refractivity contribution in [2.75, 3.05) is 0 Å². The van der Waals surface area contributed by atoms with E-state index in [-0.39, 0.29) is 25.8 Å². The average Bonchev–Trinajstić information content (AvgIpc) is 2.99. The van der Waals surface area contributed by atoms with E-state index in [2.05, 4.69) is 10.4 Å². The van der Waals surface area contributed by atoms with Crippen LogP contribution in [0.15, 0.2) is 42.6 Å². The molecule has 1 heterocycles. The summed E-state index contributed by atoms with van der Waals surface area (Å²) in [6, 6.07) is 10.2. The molecule has 0 spiro atoms. The summed E-state index contributed by atoms with van der Waals surface area (Å²) in [5.74, 6) is -4.59. The number of nitrogens with zero attached hydrogens (tertiary/aromatic N) is 2. The molecule has 5 nitrogen and oxygen atoms in total. The maximum Gasteiger partial charge on any atom is 0.306 e. The number of carbonyl (C=O) groups is 1. The minimum atomic E-state index is -2.91. The first-order valence-electron chi connectivity index (χ1n) is 8.40. The van der Waals surface area contributed by atoms with Gasteiger partial charge < -0.3 is 10.4 Å². The highest BCUT2D eigenvalue weighted by atomic mass is 19.3. The smallest absolute Gasteiger partial charge is 0.306 e. The SMILES string of the molecule is O=C(O)[C@@H]1CC[C@@H](NCc2ccnn2-c2ccccc2)C(F)(F)CC1. The molecule has 0 aliphatic heterocycles. The van der Waals surface area contributed by atoms with Crippen LogP contribution >= 0.6 is 0 Å². The van der Waals surface area contributed by atoms with E-state index in [4.69, 9.17) is 5.11 Å². The van der Waals surface area contributed by atoms with Gasteiger partial charge in [0.2, 0.25) is 0 Å². The summed E-state index contributed by atoms with van der Waals surface area (Å²) in [7, 11) is 0. The van der Waals surface area contributed by atoms with Gasteiger partial charge in [-0.15, -0.1) is 0 Å². The third kappa shape index (κ3) is 4.04. The van der Waals surface area contributed by atoms with Crippen LogP contribution in [0.25, 0.3) is 5.69 Å². The first kappa shape index (κ1) is 17.5. The van der Waals surface area contributed by atoms with Crippen molar-refractivity contribution < 1.29 is 18.7 Å². The predicted octanol–water partition coefficient (Wildman–Crippen LogP) is 3.24. The second kappa shape index (κ2) is 7.31. The summed E-state index contributed by atoms with van der Waals surface area (Å²) >= 11 is 0. The molecule has 1 fully saturated rings. The molecule has 0 unspecified atom stereocenters. The Kier molecular flexibility index (Phi) is 5.13. The van der Waals surface area contributed by atoms with Crippen molar-refractivity contribution in [1.29, 1.82) is 0 Å². The van der Waals surface area contributed by atoms with Gasteiger partial charge in [-0.25, -0.2) is 13.5 Å². The second-order valence-corrected chi connectivity index (χ2v) is 6.42. The van der Waals surface area contributed by atoms with Crippen LogP contribution < -0.4 is 5.32 Å². The molecule has 134 valence electrons. The molecule has 1 saturated carbocycles. The van der Waals surface area contributed by atoms with Crippen molar-refractivity contribution in [3.05, 3.63) is 48.3 Å². The van der Waals surface area contributed by atoms with Crippen molar-refractivity contribution in [3.63, 3.8) is 0 Å². The molecule has 7 heteroatoms. The van der Waals surface area contributed by atoms with Crippen LogP contribution in [-0.4, -0.2) is 32.8 Å². The molecular formula is C18H21F2N3O2. The third-order valence-electron chi connectivity index (χ3n) is 4.74. The van der Waals surface area contributed by atoms with E-state index < -0.39 is 30.3 Å². The minimum absolute atomic E-state index is 0.0163. The fourth-order valence-electron chi connectivity index (χ4n) is 3.26. The lowest BCUT2D eigenvalue weighted by Crippen LogP contribution is -2.44. The number of carboxylic acids is 1. The molecule has 2 atom stereocenters. The fraction of sp³-hybridized carbons (Fsp3) is 0.444. The first-order valence-corrected chi connectivity index (χ1v) is 8.40. The number of hydrogen-bond acceptors (Lipinski definition) is 3. The van der Waals surface area contributed by atoms with E-state index >= 15 is 0 Å². The van der Waals surface area contributed by atoms with Crippen LogP contribution in [0.5, 0.6) is 0 Å². The summed E-state index contributed by atoms with van der Waals surface area (Å²) < 4.78 is 30.4. The highest BCUT2D eigenvalue weighted by Gasteiger charge is 2.43. The van der Waals surface area contributed by atoms with E-state index in [1.165, 1.54) is 0 Å². The van der Waals surface area contributed by atoms with Crippen molar-refractivity contribution >= 4 is 5.97 Å². The zero-order chi connectivity index (χ0) is 17.9. The van der Waals surface area contributed by atoms with Crippen LogP contribution in [0.2, 0.25) is 0 Å². The summed E-state index contributed by atoms with van der Waals surface area (Å²) in [4.78, 5) is 11.1. The largest absolute Gasteiger partial charge is 0.481 e. The van der Waals surface area contributed by atoms with Gasteiger partial charge in [-0.2, -0.15) is 5.10 Å². The van der Waals surface area contributed by atoms with E-state index in [1.807, 2.05) is 30.3 Å². The molecule has 3 rings (SSSR count). The Morgan fingerprint density at radius 3 is 2.72 bits per heavy atom. The highest BCUT2D eigenvalue weighted by molar-refractivity contribution is 5.69. The lowest BCUT2D eigenvalue weighted by Gasteiger charge is -2.25. The van der Waals surface area contributed by atoms with Gasteiger partial charge in [0.25, 0.3) is 5.92 Å². The van der Waals surface area contributed by atoms with Crippen molar-refractivity contribution in [1.82, 2.24) is 15.1 Å². The maximum absolute atomic E-state index is 14.3. The monoisotopic (exact) mass is 349 g/mol. The number of alkyl halides is 2. The van der Waals surface area contributed by atoms with Gasteiger partial charge in [-0.3, -0.25) is 4.79 Å². The molecule has 1 aromatic carbocycles. The van der Waals surface area contributed by atoms with Crippen LogP contribution in [0.1, 0.15) is 31.4 Å². The van der Waals surface area contributed by atoms with E-state index in [1.54, 1.807) is 16.9 Å². The average molecular weight is 349 g/mol. The van der Waals surface area contributed by atoms with Gasteiger partial charge in [0.15, 0.2) is 0 Å². The molecule has 1 aromatic heterocycles. The number of aliphatic carboxylic acids is 1. The number of carboxylic acid groups (broad SMARTS) is 1. The number of hydrogen-bond donors (Lipinski definition) is 2. The quantitative estimate of drug-likeness (QED) is 0.813. The van der Waals surface area contributed by atoms with Crippen LogP contribution in [0.4, 0.5) is 8.78 Å². The molecule has 2 N–H and O–H groups in total. The third-order valence-corrected chi connectivity index (χ3v) is 4.74. The van der Waals surface area contributed by atoms with Crippen LogP contribution in [-0.2, 0) is 11.3 Å². The topological polar surface area (TPSA) is 67.2 Å². The zero-order valence-corrected chi connectivity index (χ0v) is 13.7. The Morgan fingerprint density at radius 2 is 2.00 bits per heavy atom. The van der Waals surface area contributed by atoms with Crippen LogP contribution in [0.3, 0.4) is 0 Å². The summed E-state index contributed by atoms with van der Waals surface area (Å²) in [5.41, 5.74) is 1.64. The Bertz CT molecular complexity index is 718. The summed E-state index contributed by atoms with van der Waals surface area (Å²) in [5, 5.41) is 16.3. The number of para-hydroxylation sites is 1. The number of nitrogens with one attached hydrogen (secondary N) is 1. The highest BCUT2D eigenvalue weighted by Crippen LogP contribution is 2.35. The number of aromatic nitrogens is 2. The second-order valence-electron chi connectivity index (χ2n) is 6.42. The van der Waals surface area contributed by atoms with E-state index in [9.17, 15) is 13.6 Å². The summed E-state index contributed by atoms with van der Waals surface area (Å²) in [6.07, 6.45) is 1.65. The molecule has 1 aliphatic carbocycles. The Morgan fingerprint density at radius 1 is 1.24 bits per heavy atom. The molecule has 0 amide bonds. The van der Waals surface area contributed by atoms with Gasteiger partial charge >= 0.3 is 5.97 Å². The van der Waals surface area contributed by atoms with Gasteiger partial charge in [0.05, 0.1) is 23.3 Å². The Balaban J connectivity index is 1.69. The fourth-order valence-corrected chi connectivity index (χ4v) is 3.26. The molecular weight excluding hydrogens is 328 g/mol. The van der Waals surface area contributed by atoms with Gasteiger partial charge in [0.1, 0.15) is 0 Å². The minimum Gasteiger partial charge on any atom is -0.481 e. The summed E-state index contributed by atoms with van der Waals surface area (Å²) in [6.45, 7) is 0.243. The van der Waals surface area contributed by atoms with E-state index in [0.29, 0.717) is 0 Å². The molecule has 0 radical (unpaired) electrons. The molecule has 0 bridgehead atoms. The van der Waals surface area contributed by atoms with Gasteiger partial charge in [-0.05, 0) is 37.5 Å². The zero-order valence-electron chi connectivity index (χ0n) is 13.7. The number of benzene rings is 1. The van der Waals surface area contributed by atoms with Crippen LogP contribution in [0, 0.1) is 5.92 Å². The van der Waals surface area contributed by atoms with Crippen molar-refractivity contribution in [2.45, 2.75) is 44.2 Å². The van der Waals surface area contributed by atoms with Gasteiger partial charge in [0, 0.05) is 19.2 Å². The van der Waals surface area contributed by atoms with Crippen molar-refractivity contribution in [2.24, 2.45) is 5.92 Å². The Labute approximate surface area is 144 Å². The lowest BCUT2D eigenvalue weighted by atomic mass is 10.0. The molecule has 25 heavy (non-hydrogen) atoms. The molecule has 1 aliphatic rings. The maximum atomic E-state index is 14.3. The molecule has 2 aromatic rings. The normalized spacial score (nSPS) is 23.1. The predicted molar refractivity (Wildman–Crippen MR) is 88.7 cm³/mol. The van der Waals surface area contributed by atoms with Crippen molar-refractivity contribution in [3.8, 4) is 5.69 Å². The Hall–Kier alpha value is -2.28. The number of halogens is 2. The first-order chi connectivity index (χ1) is 12.0. The lowest BCUT2D eigenvalue weighted by molar-refractivity contribution is -0.142. The molecule has 0 saturated heterocycles. The standard InChI is InChI=1S/C18H21F2N3O2/c19-18(20)10-8-13(17(24)25)6-7-16(18)21-12-15-9-11-22-23(15)14-4-2-1-3-5-14/h1-5,9,11,13,16,21H,6-8,10,12H2,(H,24,25)/t13-,16-/m1/s1. The number of rotatable bonds is 5. The van der Waals surface area contributed by atoms with Gasteiger partial charge in [-0.1, -0.05) is 18.2 Å².